The van der Waals surface area contributed by atoms with Crippen LogP contribution in [0.2, 0.25) is 0 Å². The second-order valence-corrected chi connectivity index (χ2v) is 6.04. The van der Waals surface area contributed by atoms with E-state index in [1.54, 1.807) is 0 Å². The zero-order valence-electron chi connectivity index (χ0n) is 12.2. The van der Waals surface area contributed by atoms with Crippen LogP contribution in [-0.4, -0.2) is 12.5 Å². The van der Waals surface area contributed by atoms with Gasteiger partial charge in [-0.2, -0.15) is 0 Å². The minimum atomic E-state index is 0.0757. The summed E-state index contributed by atoms with van der Waals surface area (Å²) in [6.07, 6.45) is 1.45. The van der Waals surface area contributed by atoms with Crippen molar-refractivity contribution in [2.45, 2.75) is 25.7 Å². The number of carbonyl (C=O) groups is 1. The summed E-state index contributed by atoms with van der Waals surface area (Å²) in [6.45, 7) is 2.84. The molecule has 0 bridgehead atoms. The Morgan fingerprint density at radius 3 is 2.38 bits per heavy atom. The lowest BCUT2D eigenvalue weighted by Gasteiger charge is -2.16. The Bertz CT molecular complexity index is 566. The highest BCUT2D eigenvalue weighted by atomic mass is 79.9. The lowest BCUT2D eigenvalue weighted by atomic mass is 9.96. The number of nitrogens with one attached hydrogen (secondary N) is 1. The molecule has 0 fully saturated rings. The summed E-state index contributed by atoms with van der Waals surface area (Å²) in [5, 5.41) is 3.04. The molecule has 2 rings (SSSR count). The van der Waals surface area contributed by atoms with Crippen molar-refractivity contribution in [3.63, 3.8) is 0 Å². The molecule has 0 aliphatic carbocycles. The summed E-state index contributed by atoms with van der Waals surface area (Å²) >= 11 is 3.40. The van der Waals surface area contributed by atoms with Gasteiger partial charge in [0.2, 0.25) is 5.91 Å². The molecule has 2 aromatic carbocycles. The summed E-state index contributed by atoms with van der Waals surface area (Å²) in [7, 11) is 0. The second-order valence-electron chi connectivity index (χ2n) is 5.12. The van der Waals surface area contributed by atoms with Crippen LogP contribution in [0, 0.1) is 0 Å². The molecular weight excluding hydrogens is 326 g/mol. The largest absolute Gasteiger partial charge is 0.355 e. The standard InChI is InChI=1S/C18H20BrNO/c1-2-15(16-6-4-3-5-7-16)13-20-18(21)12-14-8-10-17(19)11-9-14/h3-11,15H,2,12-13H2,1H3,(H,20,21). The quantitative estimate of drug-likeness (QED) is 0.830. The molecule has 0 aliphatic rings. The molecule has 0 radical (unpaired) electrons. The van der Waals surface area contributed by atoms with Crippen LogP contribution in [0.15, 0.2) is 59.1 Å². The zero-order valence-corrected chi connectivity index (χ0v) is 13.8. The Morgan fingerprint density at radius 2 is 1.76 bits per heavy atom. The van der Waals surface area contributed by atoms with Crippen molar-refractivity contribution in [1.29, 1.82) is 0 Å². The molecule has 2 nitrogen and oxygen atoms in total. The molecule has 1 unspecified atom stereocenters. The Labute approximate surface area is 134 Å². The fourth-order valence-electron chi connectivity index (χ4n) is 2.31. The van der Waals surface area contributed by atoms with Gasteiger partial charge >= 0.3 is 0 Å². The molecule has 0 heterocycles. The minimum absolute atomic E-state index is 0.0757. The third-order valence-corrected chi connectivity index (χ3v) is 4.12. The normalized spacial score (nSPS) is 11.9. The molecule has 1 atom stereocenters. The number of benzene rings is 2. The van der Waals surface area contributed by atoms with Crippen LogP contribution in [0.3, 0.4) is 0 Å². The highest BCUT2D eigenvalue weighted by Crippen LogP contribution is 2.18. The van der Waals surface area contributed by atoms with Gasteiger partial charge in [-0.1, -0.05) is 65.3 Å². The topological polar surface area (TPSA) is 29.1 Å². The number of hydrogen-bond donors (Lipinski definition) is 1. The first-order valence-electron chi connectivity index (χ1n) is 7.25. The lowest BCUT2D eigenvalue weighted by molar-refractivity contribution is -0.120. The van der Waals surface area contributed by atoms with Crippen molar-refractivity contribution in [1.82, 2.24) is 5.32 Å². The van der Waals surface area contributed by atoms with Crippen LogP contribution in [-0.2, 0) is 11.2 Å². The van der Waals surface area contributed by atoms with E-state index >= 15 is 0 Å². The molecule has 3 heteroatoms. The molecule has 21 heavy (non-hydrogen) atoms. The highest BCUT2D eigenvalue weighted by molar-refractivity contribution is 9.10. The first kappa shape index (κ1) is 15.8. The van der Waals surface area contributed by atoms with Crippen LogP contribution in [0.25, 0.3) is 0 Å². The van der Waals surface area contributed by atoms with Crippen molar-refractivity contribution in [3.05, 3.63) is 70.2 Å². The zero-order chi connectivity index (χ0) is 15.1. The first-order valence-corrected chi connectivity index (χ1v) is 8.04. The van der Waals surface area contributed by atoms with E-state index in [0.717, 1.165) is 16.5 Å². The SMILES string of the molecule is CCC(CNC(=O)Cc1ccc(Br)cc1)c1ccccc1. The molecule has 0 aromatic heterocycles. The minimum Gasteiger partial charge on any atom is -0.355 e. The van der Waals surface area contributed by atoms with Gasteiger partial charge in [0.1, 0.15) is 0 Å². The summed E-state index contributed by atoms with van der Waals surface area (Å²) in [5.74, 6) is 0.451. The fraction of sp³-hybridized carbons (Fsp3) is 0.278. The summed E-state index contributed by atoms with van der Waals surface area (Å²) in [5.41, 5.74) is 2.31. The smallest absolute Gasteiger partial charge is 0.224 e. The molecule has 0 spiro atoms. The fourth-order valence-corrected chi connectivity index (χ4v) is 2.57. The number of rotatable bonds is 6. The highest BCUT2D eigenvalue weighted by Gasteiger charge is 2.11. The van der Waals surface area contributed by atoms with Crippen LogP contribution < -0.4 is 5.32 Å². The van der Waals surface area contributed by atoms with Crippen molar-refractivity contribution in [2.24, 2.45) is 0 Å². The van der Waals surface area contributed by atoms with E-state index in [1.165, 1.54) is 5.56 Å². The Kier molecular flexibility index (Phi) is 6.00. The van der Waals surface area contributed by atoms with Gasteiger partial charge < -0.3 is 5.32 Å². The Balaban J connectivity index is 1.86. The number of amides is 1. The van der Waals surface area contributed by atoms with Crippen LogP contribution in [0.1, 0.15) is 30.4 Å². The van der Waals surface area contributed by atoms with Gasteiger partial charge in [0.15, 0.2) is 0 Å². The van der Waals surface area contributed by atoms with Crippen molar-refractivity contribution in [2.75, 3.05) is 6.54 Å². The van der Waals surface area contributed by atoms with E-state index in [1.807, 2.05) is 42.5 Å². The monoisotopic (exact) mass is 345 g/mol. The van der Waals surface area contributed by atoms with Crippen LogP contribution in [0.5, 0.6) is 0 Å². The second kappa shape index (κ2) is 7.99. The Hall–Kier alpha value is -1.61. The van der Waals surface area contributed by atoms with Gasteiger partial charge in [0, 0.05) is 16.9 Å². The average Bonchev–Trinajstić information content (AvgIpc) is 2.51. The van der Waals surface area contributed by atoms with E-state index < -0.39 is 0 Å². The van der Waals surface area contributed by atoms with E-state index in [2.05, 4.69) is 40.3 Å². The van der Waals surface area contributed by atoms with E-state index in [9.17, 15) is 4.79 Å². The van der Waals surface area contributed by atoms with E-state index in [0.29, 0.717) is 18.9 Å². The van der Waals surface area contributed by atoms with Gasteiger partial charge in [-0.25, -0.2) is 0 Å². The molecule has 0 aliphatic heterocycles. The summed E-state index contributed by atoms with van der Waals surface area (Å²) < 4.78 is 1.03. The molecule has 0 saturated heterocycles. The molecule has 0 saturated carbocycles. The first-order chi connectivity index (χ1) is 10.2. The maximum atomic E-state index is 12.0. The van der Waals surface area contributed by atoms with Gasteiger partial charge in [0.25, 0.3) is 0 Å². The third-order valence-electron chi connectivity index (χ3n) is 3.59. The van der Waals surface area contributed by atoms with Gasteiger partial charge in [-0.15, -0.1) is 0 Å². The summed E-state index contributed by atoms with van der Waals surface area (Å²) in [6, 6.07) is 18.2. The van der Waals surface area contributed by atoms with Crippen molar-refractivity contribution in [3.8, 4) is 0 Å². The lowest BCUT2D eigenvalue weighted by Crippen LogP contribution is -2.29. The predicted octanol–water partition coefficient (Wildman–Crippen LogP) is 4.30. The number of halogens is 1. The maximum Gasteiger partial charge on any atom is 0.224 e. The third kappa shape index (κ3) is 5.01. The Morgan fingerprint density at radius 1 is 1.10 bits per heavy atom. The van der Waals surface area contributed by atoms with Gasteiger partial charge in [-0.05, 0) is 29.7 Å². The number of hydrogen-bond acceptors (Lipinski definition) is 1. The predicted molar refractivity (Wildman–Crippen MR) is 90.3 cm³/mol. The molecule has 1 N–H and O–H groups in total. The van der Waals surface area contributed by atoms with Gasteiger partial charge in [-0.3, -0.25) is 4.79 Å². The van der Waals surface area contributed by atoms with Crippen molar-refractivity contribution >= 4 is 21.8 Å². The average molecular weight is 346 g/mol. The molecule has 1 amide bonds. The van der Waals surface area contributed by atoms with Crippen LogP contribution >= 0.6 is 15.9 Å². The molecule has 2 aromatic rings. The van der Waals surface area contributed by atoms with E-state index in [-0.39, 0.29) is 5.91 Å². The van der Waals surface area contributed by atoms with E-state index in [4.69, 9.17) is 0 Å². The summed E-state index contributed by atoms with van der Waals surface area (Å²) in [4.78, 5) is 12.0. The molecular formula is C18H20BrNO. The van der Waals surface area contributed by atoms with Gasteiger partial charge in [0.05, 0.1) is 6.42 Å². The number of carbonyl (C=O) groups excluding carboxylic acids is 1. The molecule has 110 valence electrons. The van der Waals surface area contributed by atoms with Crippen LogP contribution in [0.4, 0.5) is 0 Å². The van der Waals surface area contributed by atoms with Crippen molar-refractivity contribution < 1.29 is 4.79 Å². The maximum absolute atomic E-state index is 12.0.